The van der Waals surface area contributed by atoms with Crippen molar-refractivity contribution in [2.75, 3.05) is 10.6 Å². The summed E-state index contributed by atoms with van der Waals surface area (Å²) in [5, 5.41) is 16.0. The molecule has 0 fully saturated rings. The third kappa shape index (κ3) is 4.36. The first-order valence-electron chi connectivity index (χ1n) is 9.78. The average molecular weight is 395 g/mol. The summed E-state index contributed by atoms with van der Waals surface area (Å²) in [6.45, 7) is 1.50. The number of carbonyl (C=O) groups is 1. The number of benzene rings is 2. The van der Waals surface area contributed by atoms with E-state index in [1.54, 1.807) is 6.33 Å². The van der Waals surface area contributed by atoms with Crippen molar-refractivity contribution in [3.05, 3.63) is 72.2 Å². The number of hydrogen-bond acceptors (Lipinski definition) is 5. The molecular formula is C24H21N5O. The molecule has 3 aromatic rings. The molecule has 0 radical (unpaired) electrons. The highest BCUT2D eigenvalue weighted by Gasteiger charge is 2.11. The predicted molar refractivity (Wildman–Crippen MR) is 119 cm³/mol. The van der Waals surface area contributed by atoms with Gasteiger partial charge in [-0.05, 0) is 54.3 Å². The van der Waals surface area contributed by atoms with Gasteiger partial charge in [0.1, 0.15) is 12.1 Å². The molecule has 0 saturated carbocycles. The average Bonchev–Trinajstić information content (AvgIpc) is 2.75. The highest BCUT2D eigenvalue weighted by atomic mass is 16.1. The van der Waals surface area contributed by atoms with Crippen molar-refractivity contribution in [3.8, 4) is 17.2 Å². The standard InChI is InChI=1S/C24H21N5O/c1-16(30)28-21-4-2-3-18(13-21)19-7-10-23-22(14-19)24(27-15-26-23)29-20-8-5-17(6-9-20)11-12-25/h2-5,7-8,10,13-15H,6,9,11H2,1H3,(H,28,30)(H,26,27,29). The summed E-state index contributed by atoms with van der Waals surface area (Å²) in [7, 11) is 0. The lowest BCUT2D eigenvalue weighted by Crippen LogP contribution is -2.06. The van der Waals surface area contributed by atoms with E-state index in [1.165, 1.54) is 6.92 Å². The fourth-order valence-corrected chi connectivity index (χ4v) is 3.50. The molecule has 1 heterocycles. The second-order valence-corrected chi connectivity index (χ2v) is 7.19. The van der Waals surface area contributed by atoms with Crippen LogP contribution >= 0.6 is 0 Å². The number of allylic oxidation sites excluding steroid dienone is 4. The van der Waals surface area contributed by atoms with Gasteiger partial charge in [-0.15, -0.1) is 0 Å². The van der Waals surface area contributed by atoms with Crippen molar-refractivity contribution in [1.82, 2.24) is 9.97 Å². The van der Waals surface area contributed by atoms with Gasteiger partial charge in [-0.3, -0.25) is 4.79 Å². The minimum atomic E-state index is -0.0988. The second-order valence-electron chi connectivity index (χ2n) is 7.19. The lowest BCUT2D eigenvalue weighted by Gasteiger charge is -2.16. The van der Waals surface area contributed by atoms with Gasteiger partial charge in [0.15, 0.2) is 0 Å². The number of aromatic nitrogens is 2. The maximum atomic E-state index is 11.4. The van der Waals surface area contributed by atoms with Gasteiger partial charge < -0.3 is 10.6 Å². The number of nitrogens with one attached hydrogen (secondary N) is 2. The minimum Gasteiger partial charge on any atom is -0.343 e. The Hall–Kier alpha value is -3.98. The Kier molecular flexibility index (Phi) is 5.53. The Labute approximate surface area is 175 Å². The van der Waals surface area contributed by atoms with Gasteiger partial charge in [0.2, 0.25) is 5.91 Å². The predicted octanol–water partition coefficient (Wildman–Crippen LogP) is 5.18. The van der Waals surface area contributed by atoms with E-state index < -0.39 is 0 Å². The highest BCUT2D eigenvalue weighted by molar-refractivity contribution is 5.94. The van der Waals surface area contributed by atoms with E-state index in [4.69, 9.17) is 5.26 Å². The van der Waals surface area contributed by atoms with Crippen molar-refractivity contribution >= 4 is 28.3 Å². The zero-order valence-electron chi connectivity index (χ0n) is 16.6. The second kappa shape index (κ2) is 8.58. The van der Waals surface area contributed by atoms with Crippen LogP contribution in [-0.4, -0.2) is 15.9 Å². The molecule has 0 aliphatic heterocycles. The third-order valence-corrected chi connectivity index (χ3v) is 4.97. The zero-order chi connectivity index (χ0) is 20.9. The molecule has 0 atom stereocenters. The smallest absolute Gasteiger partial charge is 0.221 e. The Bertz CT molecular complexity index is 1220. The van der Waals surface area contributed by atoms with E-state index in [-0.39, 0.29) is 5.91 Å². The fourth-order valence-electron chi connectivity index (χ4n) is 3.50. The van der Waals surface area contributed by atoms with Crippen LogP contribution in [-0.2, 0) is 4.79 Å². The van der Waals surface area contributed by atoms with Crippen LogP contribution in [0.3, 0.4) is 0 Å². The van der Waals surface area contributed by atoms with Crippen LogP contribution in [0.4, 0.5) is 11.5 Å². The lowest BCUT2D eigenvalue weighted by atomic mass is 10.00. The summed E-state index contributed by atoms with van der Waals surface area (Å²) < 4.78 is 0. The topological polar surface area (TPSA) is 90.7 Å². The quantitative estimate of drug-likeness (QED) is 0.621. The molecule has 1 aliphatic carbocycles. The normalized spacial score (nSPS) is 13.2. The summed E-state index contributed by atoms with van der Waals surface area (Å²) in [5.74, 6) is 0.654. The Balaban J connectivity index is 1.67. The largest absolute Gasteiger partial charge is 0.343 e. The van der Waals surface area contributed by atoms with E-state index in [2.05, 4.69) is 32.7 Å². The highest BCUT2D eigenvalue weighted by Crippen LogP contribution is 2.30. The van der Waals surface area contributed by atoms with Gasteiger partial charge >= 0.3 is 0 Å². The summed E-state index contributed by atoms with van der Waals surface area (Å²) in [5.41, 5.74) is 5.84. The van der Waals surface area contributed by atoms with Crippen LogP contribution in [0, 0.1) is 11.3 Å². The molecule has 0 saturated heterocycles. The maximum absolute atomic E-state index is 11.4. The van der Waals surface area contributed by atoms with Gasteiger partial charge in [0.25, 0.3) is 0 Å². The van der Waals surface area contributed by atoms with E-state index in [0.29, 0.717) is 6.42 Å². The van der Waals surface area contributed by atoms with Crippen LogP contribution in [0.15, 0.2) is 72.2 Å². The van der Waals surface area contributed by atoms with Crippen molar-refractivity contribution in [1.29, 1.82) is 5.26 Å². The van der Waals surface area contributed by atoms with Crippen LogP contribution in [0.1, 0.15) is 26.2 Å². The Morgan fingerprint density at radius 2 is 1.97 bits per heavy atom. The molecule has 0 bridgehead atoms. The summed E-state index contributed by atoms with van der Waals surface area (Å²) in [6.07, 6.45) is 7.78. The van der Waals surface area contributed by atoms with Crippen LogP contribution in [0.2, 0.25) is 0 Å². The minimum absolute atomic E-state index is 0.0988. The zero-order valence-corrected chi connectivity index (χ0v) is 16.6. The molecule has 2 aromatic carbocycles. The van der Waals surface area contributed by atoms with Crippen LogP contribution in [0.5, 0.6) is 0 Å². The van der Waals surface area contributed by atoms with E-state index in [9.17, 15) is 4.79 Å². The SMILES string of the molecule is CC(=O)Nc1cccc(-c2ccc3ncnc(NC4=CC=C(CC#N)CC4)c3c2)c1. The maximum Gasteiger partial charge on any atom is 0.221 e. The van der Waals surface area contributed by atoms with Crippen molar-refractivity contribution in [2.24, 2.45) is 0 Å². The molecule has 0 unspecified atom stereocenters. The molecule has 148 valence electrons. The Morgan fingerprint density at radius 1 is 1.10 bits per heavy atom. The number of nitrogens with zero attached hydrogens (tertiary/aromatic N) is 3. The molecule has 1 aliphatic rings. The summed E-state index contributed by atoms with van der Waals surface area (Å²) in [6, 6.07) is 16.0. The summed E-state index contributed by atoms with van der Waals surface area (Å²) in [4.78, 5) is 20.2. The number of hydrogen-bond donors (Lipinski definition) is 2. The molecule has 1 aromatic heterocycles. The Morgan fingerprint density at radius 3 is 2.73 bits per heavy atom. The molecule has 0 spiro atoms. The van der Waals surface area contributed by atoms with E-state index in [0.717, 1.165) is 57.6 Å². The molecule has 30 heavy (non-hydrogen) atoms. The first-order chi connectivity index (χ1) is 14.6. The number of carbonyl (C=O) groups excluding carboxylic acids is 1. The number of rotatable bonds is 5. The first kappa shape index (κ1) is 19.3. The molecule has 4 rings (SSSR count). The van der Waals surface area contributed by atoms with Gasteiger partial charge in [-0.25, -0.2) is 9.97 Å². The van der Waals surface area contributed by atoms with Gasteiger partial charge in [0, 0.05) is 23.7 Å². The monoisotopic (exact) mass is 395 g/mol. The van der Waals surface area contributed by atoms with Crippen molar-refractivity contribution < 1.29 is 4.79 Å². The van der Waals surface area contributed by atoms with Crippen LogP contribution < -0.4 is 10.6 Å². The van der Waals surface area contributed by atoms with Crippen LogP contribution in [0.25, 0.3) is 22.0 Å². The van der Waals surface area contributed by atoms with E-state index >= 15 is 0 Å². The lowest BCUT2D eigenvalue weighted by molar-refractivity contribution is -0.114. The van der Waals surface area contributed by atoms with E-state index in [1.807, 2.05) is 48.6 Å². The third-order valence-electron chi connectivity index (χ3n) is 4.97. The molecule has 6 nitrogen and oxygen atoms in total. The van der Waals surface area contributed by atoms with Gasteiger partial charge in [-0.1, -0.05) is 29.8 Å². The first-order valence-corrected chi connectivity index (χ1v) is 9.78. The number of fused-ring (bicyclic) bond motifs is 1. The van der Waals surface area contributed by atoms with Crippen molar-refractivity contribution in [3.63, 3.8) is 0 Å². The van der Waals surface area contributed by atoms with Gasteiger partial charge in [0.05, 0.1) is 18.0 Å². The molecule has 2 N–H and O–H groups in total. The number of amides is 1. The number of nitriles is 1. The summed E-state index contributed by atoms with van der Waals surface area (Å²) >= 11 is 0. The molecule has 6 heteroatoms. The van der Waals surface area contributed by atoms with Gasteiger partial charge in [-0.2, -0.15) is 5.26 Å². The number of anilines is 2. The van der Waals surface area contributed by atoms with Crippen molar-refractivity contribution in [2.45, 2.75) is 26.2 Å². The molecule has 1 amide bonds. The molecular weight excluding hydrogens is 374 g/mol. The fraction of sp³-hybridized carbons (Fsp3) is 0.167.